The van der Waals surface area contributed by atoms with E-state index >= 15 is 0 Å². The van der Waals surface area contributed by atoms with E-state index in [-0.39, 0.29) is 11.9 Å². The number of likely N-dealkylation sites (N-methyl/N-ethyl adjacent to an activating group) is 1. The molecule has 76 valence electrons. The smallest absolute Gasteiger partial charge is 0.310 e. The fourth-order valence-corrected chi connectivity index (χ4v) is 1.66. The van der Waals surface area contributed by atoms with Gasteiger partial charge in [-0.1, -0.05) is 0 Å². The summed E-state index contributed by atoms with van der Waals surface area (Å²) in [5.41, 5.74) is 0. The first-order valence-electron chi connectivity index (χ1n) is 4.60. The van der Waals surface area contributed by atoms with Crippen molar-refractivity contribution in [2.75, 3.05) is 34.3 Å². The van der Waals surface area contributed by atoms with E-state index in [1.807, 2.05) is 14.1 Å². The van der Waals surface area contributed by atoms with Gasteiger partial charge >= 0.3 is 5.97 Å². The van der Waals surface area contributed by atoms with Crippen molar-refractivity contribution in [3.63, 3.8) is 0 Å². The number of nitrogens with one attached hydrogen (secondary N) is 1. The highest BCUT2D eigenvalue weighted by molar-refractivity contribution is 5.72. The molecule has 2 atom stereocenters. The van der Waals surface area contributed by atoms with Crippen LogP contribution >= 0.6 is 0 Å². The molecule has 4 heteroatoms. The van der Waals surface area contributed by atoms with E-state index in [0.717, 1.165) is 19.5 Å². The van der Waals surface area contributed by atoms with Crippen molar-refractivity contribution in [2.45, 2.75) is 12.5 Å². The molecule has 1 aliphatic rings. The van der Waals surface area contributed by atoms with E-state index in [1.54, 1.807) is 0 Å². The van der Waals surface area contributed by atoms with Crippen LogP contribution in [0.5, 0.6) is 0 Å². The highest BCUT2D eigenvalue weighted by atomic mass is 16.5. The van der Waals surface area contributed by atoms with E-state index in [9.17, 15) is 4.79 Å². The fourth-order valence-electron chi connectivity index (χ4n) is 1.66. The lowest BCUT2D eigenvalue weighted by molar-refractivity contribution is -0.146. The van der Waals surface area contributed by atoms with Crippen LogP contribution in [0.3, 0.4) is 0 Å². The lowest BCUT2D eigenvalue weighted by Crippen LogP contribution is -2.48. The molecule has 13 heavy (non-hydrogen) atoms. The molecule has 1 rings (SSSR count). The molecule has 1 aliphatic heterocycles. The third-order valence-corrected chi connectivity index (χ3v) is 2.59. The Morgan fingerprint density at radius 1 is 1.46 bits per heavy atom. The molecule has 1 N–H and O–H groups in total. The molecule has 0 unspecified atom stereocenters. The number of rotatable bonds is 2. The molecule has 1 fully saturated rings. The minimum absolute atomic E-state index is 0.0196. The molecule has 1 heterocycles. The molecular weight excluding hydrogens is 168 g/mol. The molecule has 0 aliphatic carbocycles. The van der Waals surface area contributed by atoms with Crippen molar-refractivity contribution in [3.05, 3.63) is 0 Å². The fraction of sp³-hybridized carbons (Fsp3) is 0.889. The Kier molecular flexibility index (Phi) is 3.69. The highest BCUT2D eigenvalue weighted by Gasteiger charge is 2.28. The summed E-state index contributed by atoms with van der Waals surface area (Å²) >= 11 is 0. The molecule has 0 aromatic rings. The predicted octanol–water partition coefficient (Wildman–Crippen LogP) is -0.301. The van der Waals surface area contributed by atoms with Crippen LogP contribution in [-0.2, 0) is 9.53 Å². The Balaban J connectivity index is 2.46. The second-order valence-electron chi connectivity index (χ2n) is 3.73. The minimum Gasteiger partial charge on any atom is -0.469 e. The van der Waals surface area contributed by atoms with Crippen LogP contribution in [0, 0.1) is 5.92 Å². The number of nitrogens with zero attached hydrogens (tertiary/aromatic N) is 1. The maximum atomic E-state index is 11.3. The van der Waals surface area contributed by atoms with Crippen molar-refractivity contribution < 1.29 is 9.53 Å². The van der Waals surface area contributed by atoms with Crippen LogP contribution in [0.1, 0.15) is 6.42 Å². The normalized spacial score (nSPS) is 28.9. The molecular formula is C9H18N2O2. The zero-order chi connectivity index (χ0) is 9.84. The third kappa shape index (κ3) is 2.67. The zero-order valence-corrected chi connectivity index (χ0v) is 8.54. The Morgan fingerprint density at radius 2 is 2.15 bits per heavy atom. The van der Waals surface area contributed by atoms with E-state index < -0.39 is 0 Å². The molecule has 0 bridgehead atoms. The molecule has 0 radical (unpaired) electrons. The maximum Gasteiger partial charge on any atom is 0.310 e. The standard InChI is InChI=1S/C9H18N2O2/c1-11(2)8-4-7(5-10-6-8)9(12)13-3/h7-8,10H,4-6H2,1-3H3/t7-,8-/m0/s1. The van der Waals surface area contributed by atoms with Crippen LogP contribution in [-0.4, -0.2) is 51.2 Å². The van der Waals surface area contributed by atoms with Crippen molar-refractivity contribution in [1.82, 2.24) is 10.2 Å². The van der Waals surface area contributed by atoms with Gasteiger partial charge in [-0.25, -0.2) is 0 Å². The average molecular weight is 186 g/mol. The van der Waals surface area contributed by atoms with Gasteiger partial charge in [0.2, 0.25) is 0 Å². The van der Waals surface area contributed by atoms with Gasteiger partial charge in [-0.2, -0.15) is 0 Å². The number of esters is 1. The number of methoxy groups -OCH3 is 1. The maximum absolute atomic E-state index is 11.3. The molecule has 0 saturated carbocycles. The van der Waals surface area contributed by atoms with Gasteiger partial charge in [-0.3, -0.25) is 4.79 Å². The van der Waals surface area contributed by atoms with Crippen molar-refractivity contribution in [2.24, 2.45) is 5.92 Å². The van der Waals surface area contributed by atoms with E-state index in [0.29, 0.717) is 6.04 Å². The Labute approximate surface area is 79.2 Å². The summed E-state index contributed by atoms with van der Waals surface area (Å²) in [7, 11) is 5.51. The minimum atomic E-state index is -0.0981. The van der Waals surface area contributed by atoms with Gasteiger partial charge in [0.15, 0.2) is 0 Å². The van der Waals surface area contributed by atoms with Gasteiger partial charge in [-0.05, 0) is 20.5 Å². The van der Waals surface area contributed by atoms with Crippen LogP contribution in [0.25, 0.3) is 0 Å². The van der Waals surface area contributed by atoms with E-state index in [2.05, 4.69) is 10.2 Å². The summed E-state index contributed by atoms with van der Waals surface area (Å²) in [6.45, 7) is 1.71. The van der Waals surface area contributed by atoms with Crippen molar-refractivity contribution in [3.8, 4) is 0 Å². The monoisotopic (exact) mass is 186 g/mol. The lowest BCUT2D eigenvalue weighted by Gasteiger charge is -2.32. The Hall–Kier alpha value is -0.610. The van der Waals surface area contributed by atoms with Crippen LogP contribution in [0.4, 0.5) is 0 Å². The summed E-state index contributed by atoms with van der Waals surface area (Å²) in [6.07, 6.45) is 0.896. The van der Waals surface area contributed by atoms with Crippen molar-refractivity contribution in [1.29, 1.82) is 0 Å². The number of hydrogen-bond acceptors (Lipinski definition) is 4. The van der Waals surface area contributed by atoms with Gasteiger partial charge in [0.1, 0.15) is 0 Å². The highest BCUT2D eigenvalue weighted by Crippen LogP contribution is 2.14. The zero-order valence-electron chi connectivity index (χ0n) is 8.54. The first-order chi connectivity index (χ1) is 6.15. The second-order valence-corrected chi connectivity index (χ2v) is 3.73. The Morgan fingerprint density at radius 3 is 2.69 bits per heavy atom. The van der Waals surface area contributed by atoms with E-state index in [1.165, 1.54) is 7.11 Å². The molecule has 4 nitrogen and oxygen atoms in total. The first kappa shape index (κ1) is 10.5. The topological polar surface area (TPSA) is 41.6 Å². The number of carbonyl (C=O) groups is 1. The molecule has 0 aromatic heterocycles. The summed E-state index contributed by atoms with van der Waals surface area (Å²) < 4.78 is 4.72. The van der Waals surface area contributed by atoms with Crippen LogP contribution in [0.15, 0.2) is 0 Å². The SMILES string of the molecule is COC(=O)[C@@H]1CNC[C@@H](N(C)C)C1. The van der Waals surface area contributed by atoms with Crippen molar-refractivity contribution >= 4 is 5.97 Å². The first-order valence-corrected chi connectivity index (χ1v) is 4.60. The van der Waals surface area contributed by atoms with Gasteiger partial charge in [0, 0.05) is 19.1 Å². The van der Waals surface area contributed by atoms with Crippen LogP contribution in [0.2, 0.25) is 0 Å². The van der Waals surface area contributed by atoms with Gasteiger partial charge < -0.3 is 15.0 Å². The average Bonchev–Trinajstić information content (AvgIpc) is 2.17. The summed E-state index contributed by atoms with van der Waals surface area (Å²) in [6, 6.07) is 0.442. The Bertz CT molecular complexity index is 182. The lowest BCUT2D eigenvalue weighted by atomic mass is 9.95. The molecule has 0 spiro atoms. The predicted molar refractivity (Wildman–Crippen MR) is 50.5 cm³/mol. The number of carbonyl (C=O) groups excluding carboxylic acids is 1. The number of piperidine rings is 1. The summed E-state index contributed by atoms with van der Waals surface area (Å²) in [5.74, 6) is -0.0785. The van der Waals surface area contributed by atoms with E-state index in [4.69, 9.17) is 4.74 Å². The largest absolute Gasteiger partial charge is 0.469 e. The number of hydrogen-bond donors (Lipinski definition) is 1. The second kappa shape index (κ2) is 4.58. The molecule has 0 amide bonds. The molecule has 1 saturated heterocycles. The summed E-state index contributed by atoms with van der Waals surface area (Å²) in [4.78, 5) is 13.4. The van der Waals surface area contributed by atoms with Gasteiger partial charge in [0.25, 0.3) is 0 Å². The summed E-state index contributed by atoms with van der Waals surface area (Å²) in [5, 5.41) is 3.24. The molecule has 0 aromatic carbocycles. The van der Waals surface area contributed by atoms with Crippen LogP contribution < -0.4 is 5.32 Å². The number of ether oxygens (including phenoxy) is 1. The van der Waals surface area contributed by atoms with Gasteiger partial charge in [-0.15, -0.1) is 0 Å². The van der Waals surface area contributed by atoms with Gasteiger partial charge in [0.05, 0.1) is 13.0 Å². The third-order valence-electron chi connectivity index (χ3n) is 2.59. The quantitative estimate of drug-likeness (QED) is 0.601.